The number of carbonyl (C=O) groups is 1. The Bertz CT molecular complexity index is 151. The van der Waals surface area contributed by atoms with Gasteiger partial charge < -0.3 is 20.7 Å². The highest BCUT2D eigenvalue weighted by Crippen LogP contribution is 2.05. The van der Waals surface area contributed by atoms with Gasteiger partial charge in [-0.1, -0.05) is 6.42 Å². The maximum atomic E-state index is 10.3. The van der Waals surface area contributed by atoms with Crippen LogP contribution in [-0.4, -0.2) is 35.6 Å². The minimum Gasteiger partial charge on any atom is -0.480 e. The van der Waals surface area contributed by atoms with Gasteiger partial charge in [0.05, 0.1) is 0 Å². The number of carboxylic acids is 1. The lowest BCUT2D eigenvalue weighted by molar-refractivity contribution is -0.138. The molecule has 0 heterocycles. The van der Waals surface area contributed by atoms with Crippen LogP contribution >= 0.6 is 0 Å². The van der Waals surface area contributed by atoms with Crippen molar-refractivity contribution in [3.63, 3.8) is 0 Å². The van der Waals surface area contributed by atoms with E-state index in [9.17, 15) is 4.79 Å². The molecule has 0 amide bonds. The monoisotopic (exact) mass is 191 g/mol. The van der Waals surface area contributed by atoms with Crippen LogP contribution in [0.15, 0.2) is 0 Å². The topological polar surface area (TPSA) is 92.8 Å². The van der Waals surface area contributed by atoms with Gasteiger partial charge in [0, 0.05) is 7.11 Å². The molecule has 0 rings (SSSR count). The van der Waals surface area contributed by atoms with Crippen LogP contribution in [0.1, 0.15) is 25.7 Å². The predicted molar refractivity (Wildman–Crippen MR) is 47.1 cm³/mol. The lowest BCUT2D eigenvalue weighted by Gasteiger charge is -2.08. The zero-order valence-corrected chi connectivity index (χ0v) is 7.77. The smallest absolute Gasteiger partial charge is 0.320 e. The Hall–Kier alpha value is -0.650. The molecule has 0 aromatic carbocycles. The molecular formula is C8H17NO4. The second-order valence-electron chi connectivity index (χ2n) is 2.92. The number of ether oxygens (including phenoxy) is 1. The quantitative estimate of drug-likeness (QED) is 0.386. The first kappa shape index (κ1) is 12.3. The maximum absolute atomic E-state index is 10.3. The number of carboxylic acid groups (broad SMARTS) is 1. The van der Waals surface area contributed by atoms with Crippen molar-refractivity contribution in [2.45, 2.75) is 38.0 Å². The summed E-state index contributed by atoms with van der Waals surface area (Å²) in [6.45, 7) is 0. The van der Waals surface area contributed by atoms with Crippen molar-refractivity contribution in [2.75, 3.05) is 7.11 Å². The third kappa shape index (κ3) is 6.51. The molecule has 0 aliphatic carbocycles. The molecule has 2 unspecified atom stereocenters. The van der Waals surface area contributed by atoms with E-state index in [1.807, 2.05) is 0 Å². The van der Waals surface area contributed by atoms with Crippen molar-refractivity contribution < 1.29 is 19.7 Å². The third-order valence-electron chi connectivity index (χ3n) is 1.81. The van der Waals surface area contributed by atoms with Crippen molar-refractivity contribution in [2.24, 2.45) is 5.73 Å². The van der Waals surface area contributed by atoms with E-state index in [4.69, 9.17) is 15.9 Å². The van der Waals surface area contributed by atoms with Gasteiger partial charge in [0.2, 0.25) is 0 Å². The first-order chi connectivity index (χ1) is 6.07. The number of rotatable bonds is 7. The molecule has 0 spiro atoms. The summed E-state index contributed by atoms with van der Waals surface area (Å²) in [6, 6.07) is -0.792. The summed E-state index contributed by atoms with van der Waals surface area (Å²) < 4.78 is 4.61. The summed E-state index contributed by atoms with van der Waals surface area (Å²) >= 11 is 0. The second-order valence-corrected chi connectivity index (χ2v) is 2.92. The maximum Gasteiger partial charge on any atom is 0.320 e. The summed E-state index contributed by atoms with van der Waals surface area (Å²) in [6.07, 6.45) is 1.61. The van der Waals surface area contributed by atoms with Gasteiger partial charge in [0.15, 0.2) is 6.29 Å². The Morgan fingerprint density at radius 2 is 2.00 bits per heavy atom. The van der Waals surface area contributed by atoms with Gasteiger partial charge in [0.1, 0.15) is 6.04 Å². The minimum atomic E-state index is -0.979. The van der Waals surface area contributed by atoms with E-state index in [2.05, 4.69) is 4.74 Å². The number of aliphatic carboxylic acids is 1. The number of aliphatic hydroxyl groups excluding tert-OH is 1. The molecule has 78 valence electrons. The van der Waals surface area contributed by atoms with Crippen LogP contribution < -0.4 is 5.73 Å². The van der Waals surface area contributed by atoms with Gasteiger partial charge in [-0.25, -0.2) is 0 Å². The fraction of sp³-hybridized carbons (Fsp3) is 0.875. The van der Waals surface area contributed by atoms with Gasteiger partial charge >= 0.3 is 5.97 Å². The second kappa shape index (κ2) is 6.82. The standard InChI is InChI=1S/C8H17NO4/c1-13-7(10)5-3-2-4-6(9)8(11)12/h6-7,10H,2-5,9H2,1H3,(H,11,12). The largest absolute Gasteiger partial charge is 0.480 e. The molecule has 2 atom stereocenters. The summed E-state index contributed by atoms with van der Waals surface area (Å²) in [4.78, 5) is 10.3. The highest BCUT2D eigenvalue weighted by Gasteiger charge is 2.10. The number of hydrogen-bond donors (Lipinski definition) is 3. The van der Waals surface area contributed by atoms with Crippen molar-refractivity contribution in [1.82, 2.24) is 0 Å². The summed E-state index contributed by atoms with van der Waals surface area (Å²) in [5.41, 5.74) is 5.27. The zero-order chi connectivity index (χ0) is 10.3. The molecule has 4 N–H and O–H groups in total. The van der Waals surface area contributed by atoms with Crippen LogP contribution in [0.5, 0.6) is 0 Å². The first-order valence-corrected chi connectivity index (χ1v) is 4.27. The molecule has 5 nitrogen and oxygen atoms in total. The van der Waals surface area contributed by atoms with E-state index < -0.39 is 18.3 Å². The van der Waals surface area contributed by atoms with Gasteiger partial charge in [0.25, 0.3) is 0 Å². The van der Waals surface area contributed by atoms with Gasteiger partial charge in [-0.15, -0.1) is 0 Å². The highest BCUT2D eigenvalue weighted by atomic mass is 16.6. The zero-order valence-electron chi connectivity index (χ0n) is 7.77. The van der Waals surface area contributed by atoms with Crippen LogP contribution in [0.2, 0.25) is 0 Å². The summed E-state index contributed by atoms with van der Waals surface area (Å²) in [5, 5.41) is 17.4. The number of aliphatic hydroxyl groups is 1. The molecule has 13 heavy (non-hydrogen) atoms. The number of methoxy groups -OCH3 is 1. The Labute approximate surface area is 77.5 Å². The predicted octanol–water partition coefficient (Wildman–Crippen LogP) is -0.0765. The average Bonchev–Trinajstić information content (AvgIpc) is 2.11. The molecule has 0 aliphatic rings. The van der Waals surface area contributed by atoms with Crippen molar-refractivity contribution >= 4 is 5.97 Å². The molecule has 0 radical (unpaired) electrons. The molecule has 0 aromatic heterocycles. The minimum absolute atomic E-state index is 0.436. The SMILES string of the molecule is COC(O)CCCCC(N)C(=O)O. The van der Waals surface area contributed by atoms with Crippen LogP contribution in [0, 0.1) is 0 Å². The fourth-order valence-corrected chi connectivity index (χ4v) is 0.925. The lowest BCUT2D eigenvalue weighted by atomic mass is 10.1. The van der Waals surface area contributed by atoms with Crippen LogP contribution in [0.3, 0.4) is 0 Å². The molecule has 0 fully saturated rings. The summed E-state index contributed by atoms with van der Waals surface area (Å²) in [5.74, 6) is -0.979. The lowest BCUT2D eigenvalue weighted by Crippen LogP contribution is -2.29. The first-order valence-electron chi connectivity index (χ1n) is 4.27. The third-order valence-corrected chi connectivity index (χ3v) is 1.81. The number of nitrogens with two attached hydrogens (primary N) is 1. The highest BCUT2D eigenvalue weighted by molar-refractivity contribution is 5.72. The Morgan fingerprint density at radius 3 is 2.46 bits per heavy atom. The Kier molecular flexibility index (Phi) is 6.48. The number of unbranched alkanes of at least 4 members (excludes halogenated alkanes) is 1. The van der Waals surface area contributed by atoms with Crippen molar-refractivity contribution in [1.29, 1.82) is 0 Å². The fourth-order valence-electron chi connectivity index (χ4n) is 0.925. The van der Waals surface area contributed by atoms with E-state index >= 15 is 0 Å². The van der Waals surface area contributed by atoms with E-state index in [-0.39, 0.29) is 0 Å². The molecule has 0 saturated heterocycles. The average molecular weight is 191 g/mol. The van der Waals surface area contributed by atoms with E-state index in [0.29, 0.717) is 19.3 Å². The molecule has 0 aliphatic heterocycles. The van der Waals surface area contributed by atoms with Crippen molar-refractivity contribution in [3.8, 4) is 0 Å². The Morgan fingerprint density at radius 1 is 1.46 bits per heavy atom. The molecular weight excluding hydrogens is 174 g/mol. The van der Waals surface area contributed by atoms with Crippen molar-refractivity contribution in [3.05, 3.63) is 0 Å². The molecule has 5 heteroatoms. The van der Waals surface area contributed by atoms with E-state index in [0.717, 1.165) is 6.42 Å². The molecule has 0 aromatic rings. The van der Waals surface area contributed by atoms with Gasteiger partial charge in [-0.3, -0.25) is 4.79 Å². The molecule has 0 bridgehead atoms. The van der Waals surface area contributed by atoms with Crippen LogP contribution in [-0.2, 0) is 9.53 Å². The van der Waals surface area contributed by atoms with E-state index in [1.54, 1.807) is 0 Å². The normalized spacial score (nSPS) is 15.3. The van der Waals surface area contributed by atoms with E-state index in [1.165, 1.54) is 7.11 Å². The summed E-state index contributed by atoms with van der Waals surface area (Å²) in [7, 11) is 1.42. The van der Waals surface area contributed by atoms with Gasteiger partial charge in [-0.05, 0) is 19.3 Å². The van der Waals surface area contributed by atoms with Crippen LogP contribution in [0.4, 0.5) is 0 Å². The number of hydrogen-bond acceptors (Lipinski definition) is 4. The molecule has 0 saturated carbocycles. The van der Waals surface area contributed by atoms with Gasteiger partial charge in [-0.2, -0.15) is 0 Å². The Balaban J connectivity index is 3.30. The van der Waals surface area contributed by atoms with Crippen LogP contribution in [0.25, 0.3) is 0 Å².